The fourth-order valence-corrected chi connectivity index (χ4v) is 7.27. The Balaban J connectivity index is 1.05. The van der Waals surface area contributed by atoms with E-state index >= 15 is 0 Å². The molecule has 3 atom stereocenters. The van der Waals surface area contributed by atoms with E-state index in [4.69, 9.17) is 14.6 Å². The number of aromatic nitrogens is 7. The molecule has 1 aromatic carbocycles. The van der Waals surface area contributed by atoms with Gasteiger partial charge in [0.15, 0.2) is 5.65 Å². The summed E-state index contributed by atoms with van der Waals surface area (Å²) in [6.07, 6.45) is 10.6. The van der Waals surface area contributed by atoms with E-state index in [-0.39, 0.29) is 23.6 Å². The predicted molar refractivity (Wildman–Crippen MR) is 205 cm³/mol. The number of likely N-dealkylation sites (N-methyl/N-ethyl adjacent to an activating group) is 1. The van der Waals surface area contributed by atoms with Gasteiger partial charge in [0.2, 0.25) is 5.95 Å². The molecule has 0 unspecified atom stereocenters. The van der Waals surface area contributed by atoms with Crippen molar-refractivity contribution in [3.8, 4) is 11.4 Å². The lowest BCUT2D eigenvalue weighted by atomic mass is 9.85. The molecule has 5 heterocycles. The van der Waals surface area contributed by atoms with Crippen LogP contribution in [0.3, 0.4) is 0 Å². The second-order valence-electron chi connectivity index (χ2n) is 15.4. The van der Waals surface area contributed by atoms with Crippen LogP contribution in [-0.4, -0.2) is 91.5 Å². The topological polar surface area (TPSA) is 132 Å². The van der Waals surface area contributed by atoms with E-state index in [1.807, 2.05) is 51.8 Å². The van der Waals surface area contributed by atoms with Crippen molar-refractivity contribution in [3.05, 3.63) is 77.9 Å². The van der Waals surface area contributed by atoms with Crippen molar-refractivity contribution < 1.29 is 14.3 Å². The molecule has 282 valence electrons. The maximum Gasteiger partial charge on any atom is 0.320 e. The SMILES string of the molecule is COCCN(C)CCn1cc(-n2nc(C(C)(C)C)cc2NC(=O)N[C@H]2CC[C@@H](Oc3ccc4nnc(N5CCCC[C@@H]5C)n4c3)c3ccccc32)cn1. The van der Waals surface area contributed by atoms with Gasteiger partial charge in [0.25, 0.3) is 0 Å². The Kier molecular flexibility index (Phi) is 10.7. The number of benzene rings is 1. The van der Waals surface area contributed by atoms with Gasteiger partial charge in [0.05, 0.1) is 43.5 Å². The van der Waals surface area contributed by atoms with Crippen molar-refractivity contribution in [3.63, 3.8) is 0 Å². The lowest BCUT2D eigenvalue weighted by Crippen LogP contribution is -2.38. The third-order valence-electron chi connectivity index (χ3n) is 10.4. The zero-order valence-corrected chi connectivity index (χ0v) is 31.8. The fraction of sp³-hybridized carbons (Fsp3) is 0.513. The van der Waals surface area contributed by atoms with Gasteiger partial charge in [-0.2, -0.15) is 10.2 Å². The number of amides is 2. The third-order valence-corrected chi connectivity index (χ3v) is 10.4. The maximum absolute atomic E-state index is 13.7. The molecule has 4 aromatic heterocycles. The van der Waals surface area contributed by atoms with Crippen LogP contribution >= 0.6 is 0 Å². The van der Waals surface area contributed by atoms with Gasteiger partial charge in [-0.05, 0) is 69.3 Å². The van der Waals surface area contributed by atoms with Crippen molar-refractivity contribution >= 4 is 23.4 Å². The summed E-state index contributed by atoms with van der Waals surface area (Å²) >= 11 is 0. The zero-order valence-electron chi connectivity index (χ0n) is 31.8. The van der Waals surface area contributed by atoms with Gasteiger partial charge in [-0.1, -0.05) is 45.0 Å². The summed E-state index contributed by atoms with van der Waals surface area (Å²) in [7, 11) is 3.78. The van der Waals surface area contributed by atoms with Crippen LogP contribution < -0.4 is 20.3 Å². The molecule has 1 aliphatic heterocycles. The molecule has 14 nitrogen and oxygen atoms in total. The quantitative estimate of drug-likeness (QED) is 0.156. The van der Waals surface area contributed by atoms with E-state index in [1.54, 1.807) is 18.0 Å². The number of rotatable bonds is 12. The van der Waals surface area contributed by atoms with Gasteiger partial charge in [0, 0.05) is 44.3 Å². The average Bonchev–Trinajstić information content (AvgIpc) is 3.90. The molecule has 1 saturated heterocycles. The predicted octanol–water partition coefficient (Wildman–Crippen LogP) is 6.14. The monoisotopic (exact) mass is 723 g/mol. The Bertz CT molecular complexity index is 2010. The molecule has 0 saturated carbocycles. The van der Waals surface area contributed by atoms with Crippen molar-refractivity contribution in [1.29, 1.82) is 0 Å². The van der Waals surface area contributed by atoms with E-state index in [0.717, 1.165) is 91.7 Å². The second-order valence-corrected chi connectivity index (χ2v) is 15.4. The van der Waals surface area contributed by atoms with Gasteiger partial charge in [-0.3, -0.25) is 14.4 Å². The standard InChI is InChI=1S/C39H53N11O3/c1-27-11-9-10-18-48(27)38-44-43-35-17-14-29(26-49(35)38)53-33-16-15-32(30-12-7-8-13-31(30)33)41-37(51)42-36-23-34(39(2,3)4)45-50(36)28-24-40-47(25-28)20-19-46(5)21-22-52-6/h7-8,12-14,17,23-27,32-33H,9-11,15-16,18-22H2,1-6H3,(H2,41,42,51)/t27-,32-,33+/m0/s1. The number of carbonyl (C=O) groups excluding carboxylic acids is 1. The maximum atomic E-state index is 13.7. The smallest absolute Gasteiger partial charge is 0.320 e. The Morgan fingerprint density at radius 2 is 1.85 bits per heavy atom. The summed E-state index contributed by atoms with van der Waals surface area (Å²) in [6, 6.07) is 14.0. The van der Waals surface area contributed by atoms with E-state index in [1.165, 1.54) is 6.42 Å². The molecule has 2 N–H and O–H groups in total. The first-order chi connectivity index (χ1) is 25.6. The van der Waals surface area contributed by atoms with E-state index in [2.05, 4.69) is 82.6 Å². The van der Waals surface area contributed by atoms with Gasteiger partial charge in [-0.15, -0.1) is 10.2 Å². The van der Waals surface area contributed by atoms with Crippen LogP contribution in [0.25, 0.3) is 11.3 Å². The summed E-state index contributed by atoms with van der Waals surface area (Å²) < 4.78 is 17.6. The van der Waals surface area contributed by atoms with Crippen molar-refractivity contribution in [2.45, 2.75) is 89.9 Å². The largest absolute Gasteiger partial charge is 0.484 e. The summed E-state index contributed by atoms with van der Waals surface area (Å²) in [4.78, 5) is 18.3. The fourth-order valence-electron chi connectivity index (χ4n) is 7.27. The molecule has 2 amide bonds. The third kappa shape index (κ3) is 8.18. The first-order valence-corrected chi connectivity index (χ1v) is 18.8. The Labute approximate surface area is 311 Å². The zero-order chi connectivity index (χ0) is 37.1. The number of urea groups is 1. The molecule has 1 fully saturated rings. The summed E-state index contributed by atoms with van der Waals surface area (Å²) in [5.41, 5.74) is 4.34. The van der Waals surface area contributed by atoms with Crippen LogP contribution in [0, 0.1) is 0 Å². The number of methoxy groups -OCH3 is 1. The lowest BCUT2D eigenvalue weighted by molar-refractivity contribution is 0.159. The first kappa shape index (κ1) is 36.4. The minimum atomic E-state index is -0.296. The highest BCUT2D eigenvalue weighted by Crippen LogP contribution is 2.39. The number of nitrogens with zero attached hydrogens (tertiary/aromatic N) is 9. The number of hydrogen-bond donors (Lipinski definition) is 2. The van der Waals surface area contributed by atoms with Gasteiger partial charge in [0.1, 0.15) is 23.4 Å². The number of ether oxygens (including phenoxy) is 2. The Hall–Kier alpha value is -4.95. The summed E-state index contributed by atoms with van der Waals surface area (Å²) in [5.74, 6) is 2.21. The van der Waals surface area contributed by atoms with Crippen LogP contribution in [-0.2, 0) is 16.7 Å². The number of hydrogen-bond acceptors (Lipinski definition) is 9. The number of piperidine rings is 1. The van der Waals surface area contributed by atoms with Crippen LogP contribution in [0.1, 0.15) is 88.8 Å². The van der Waals surface area contributed by atoms with Crippen molar-refractivity contribution in [2.75, 3.05) is 50.6 Å². The van der Waals surface area contributed by atoms with Gasteiger partial charge < -0.3 is 24.6 Å². The number of pyridine rings is 1. The minimum absolute atomic E-state index is 0.161. The Morgan fingerprint density at radius 1 is 1.02 bits per heavy atom. The average molecular weight is 724 g/mol. The van der Waals surface area contributed by atoms with Crippen LogP contribution in [0.4, 0.5) is 16.6 Å². The molecule has 0 radical (unpaired) electrons. The molecular formula is C39H53N11O3. The van der Waals surface area contributed by atoms with Crippen LogP contribution in [0.15, 0.2) is 61.1 Å². The molecular weight excluding hydrogens is 671 g/mol. The van der Waals surface area contributed by atoms with Crippen LogP contribution in [0.5, 0.6) is 5.75 Å². The molecule has 7 rings (SSSR count). The lowest BCUT2D eigenvalue weighted by Gasteiger charge is -2.33. The number of anilines is 2. The van der Waals surface area contributed by atoms with Crippen molar-refractivity contribution in [1.82, 2.24) is 44.4 Å². The molecule has 2 aliphatic rings. The van der Waals surface area contributed by atoms with E-state index < -0.39 is 0 Å². The first-order valence-electron chi connectivity index (χ1n) is 18.8. The van der Waals surface area contributed by atoms with Gasteiger partial charge >= 0.3 is 6.03 Å². The number of fused-ring (bicyclic) bond motifs is 2. The summed E-state index contributed by atoms with van der Waals surface area (Å²) in [6.45, 7) is 12.6. The highest BCUT2D eigenvalue weighted by atomic mass is 16.5. The molecule has 14 heteroatoms. The van der Waals surface area contributed by atoms with Crippen molar-refractivity contribution in [2.24, 2.45) is 0 Å². The minimum Gasteiger partial charge on any atom is -0.484 e. The second kappa shape index (κ2) is 15.6. The van der Waals surface area contributed by atoms with Crippen LogP contribution in [0.2, 0.25) is 0 Å². The molecule has 53 heavy (non-hydrogen) atoms. The normalized spacial score (nSPS) is 19.1. The van der Waals surface area contributed by atoms with E-state index in [0.29, 0.717) is 18.5 Å². The summed E-state index contributed by atoms with van der Waals surface area (Å²) in [5, 5.41) is 24.8. The Morgan fingerprint density at radius 3 is 2.64 bits per heavy atom. The van der Waals surface area contributed by atoms with Gasteiger partial charge in [-0.25, -0.2) is 9.48 Å². The highest BCUT2D eigenvalue weighted by molar-refractivity contribution is 5.89. The number of carbonyl (C=O) groups is 1. The molecule has 0 bridgehead atoms. The highest BCUT2D eigenvalue weighted by Gasteiger charge is 2.31. The molecule has 0 spiro atoms. The molecule has 5 aromatic rings. The van der Waals surface area contributed by atoms with E-state index in [9.17, 15) is 4.79 Å². The number of nitrogens with one attached hydrogen (secondary N) is 2. The molecule has 1 aliphatic carbocycles.